The molecule has 1 spiro atoms. The van der Waals surface area contributed by atoms with Crippen molar-refractivity contribution in [2.45, 2.75) is 63.0 Å². The van der Waals surface area contributed by atoms with E-state index in [-0.39, 0.29) is 17.5 Å². The Balaban J connectivity index is 1.59. The minimum absolute atomic E-state index is 0.133. The average molecular weight is 378 g/mol. The molecule has 1 aliphatic heterocycles. The van der Waals surface area contributed by atoms with Crippen molar-refractivity contribution in [1.29, 1.82) is 5.26 Å². The second-order valence-corrected chi connectivity index (χ2v) is 8.77. The van der Waals surface area contributed by atoms with Gasteiger partial charge in [-0.2, -0.15) is 5.26 Å². The van der Waals surface area contributed by atoms with Crippen molar-refractivity contribution in [3.05, 3.63) is 35.5 Å². The Morgan fingerprint density at radius 3 is 2.79 bits per heavy atom. The number of hydrogen-bond donors (Lipinski definition) is 0. The molecule has 2 aliphatic carbocycles. The zero-order valence-electron chi connectivity index (χ0n) is 16.5. The molecular weight excluding hydrogens is 352 g/mol. The van der Waals surface area contributed by atoms with Crippen LogP contribution in [0.15, 0.2) is 24.3 Å². The quantitative estimate of drug-likeness (QED) is 0.735. The van der Waals surface area contributed by atoms with E-state index in [1.165, 1.54) is 18.4 Å². The number of esters is 1. The van der Waals surface area contributed by atoms with Crippen LogP contribution in [0.5, 0.6) is 0 Å². The van der Waals surface area contributed by atoms with Gasteiger partial charge in [0.2, 0.25) is 0 Å². The Morgan fingerprint density at radius 1 is 1.36 bits per heavy atom. The van der Waals surface area contributed by atoms with Gasteiger partial charge in [0, 0.05) is 12.0 Å². The Hall–Kier alpha value is -2.32. The maximum Gasteiger partial charge on any atom is 0.355 e. The molecule has 2 saturated carbocycles. The molecule has 5 heteroatoms. The van der Waals surface area contributed by atoms with Gasteiger partial charge in [-0.15, -0.1) is 0 Å². The zero-order chi connectivity index (χ0) is 19.5. The molecule has 3 atom stereocenters. The molecule has 5 rings (SSSR count). The van der Waals surface area contributed by atoms with E-state index in [4.69, 9.17) is 9.47 Å². The number of benzene rings is 1. The molecule has 0 amide bonds. The van der Waals surface area contributed by atoms with Gasteiger partial charge in [0.1, 0.15) is 11.2 Å². The number of ether oxygens (including phenoxy) is 2. The number of nitriles is 1. The third-order valence-electron chi connectivity index (χ3n) is 6.95. The predicted octanol–water partition coefficient (Wildman–Crippen LogP) is 4.50. The molecule has 5 nitrogen and oxygen atoms in total. The predicted molar refractivity (Wildman–Crippen MR) is 105 cm³/mol. The lowest BCUT2D eigenvalue weighted by Crippen LogP contribution is -2.26. The Labute approximate surface area is 165 Å². The van der Waals surface area contributed by atoms with Crippen LogP contribution in [-0.4, -0.2) is 29.4 Å². The normalized spacial score (nSPS) is 30.2. The maximum absolute atomic E-state index is 12.6. The molecule has 1 saturated heterocycles. The summed E-state index contributed by atoms with van der Waals surface area (Å²) in [6.07, 6.45) is 5.25. The second-order valence-electron chi connectivity index (χ2n) is 8.77. The minimum Gasteiger partial charge on any atom is -0.461 e. The molecule has 0 radical (unpaired) electrons. The fourth-order valence-corrected chi connectivity index (χ4v) is 5.00. The van der Waals surface area contributed by atoms with Gasteiger partial charge in [-0.25, -0.2) is 4.79 Å². The van der Waals surface area contributed by atoms with Crippen molar-refractivity contribution >= 4 is 16.9 Å². The molecule has 1 aromatic heterocycles. The monoisotopic (exact) mass is 378 g/mol. The van der Waals surface area contributed by atoms with Crippen LogP contribution >= 0.6 is 0 Å². The number of fused-ring (bicyclic) bond motifs is 1. The van der Waals surface area contributed by atoms with E-state index in [0.717, 1.165) is 36.8 Å². The van der Waals surface area contributed by atoms with Crippen molar-refractivity contribution in [1.82, 2.24) is 4.57 Å². The van der Waals surface area contributed by atoms with Crippen LogP contribution in [0.25, 0.3) is 10.9 Å². The molecule has 2 heterocycles. The van der Waals surface area contributed by atoms with Crippen molar-refractivity contribution in [2.75, 3.05) is 13.2 Å². The van der Waals surface area contributed by atoms with Crippen LogP contribution in [0, 0.1) is 17.2 Å². The first-order valence-electron chi connectivity index (χ1n) is 10.4. The van der Waals surface area contributed by atoms with E-state index in [1.54, 1.807) is 0 Å². The van der Waals surface area contributed by atoms with E-state index in [2.05, 4.69) is 31.2 Å². The van der Waals surface area contributed by atoms with Gasteiger partial charge in [-0.1, -0.05) is 13.0 Å². The second kappa shape index (κ2) is 6.09. The Kier molecular flexibility index (Phi) is 3.86. The highest BCUT2D eigenvalue weighted by atomic mass is 16.5. The lowest BCUT2D eigenvalue weighted by Gasteiger charge is -2.30. The molecule has 1 unspecified atom stereocenters. The van der Waals surface area contributed by atoms with E-state index >= 15 is 0 Å². The summed E-state index contributed by atoms with van der Waals surface area (Å²) in [6.45, 7) is 5.02. The van der Waals surface area contributed by atoms with Gasteiger partial charge in [0.25, 0.3) is 0 Å². The van der Waals surface area contributed by atoms with Crippen molar-refractivity contribution in [3.8, 4) is 6.07 Å². The van der Waals surface area contributed by atoms with Crippen LogP contribution in [0.2, 0.25) is 0 Å². The number of carbonyl (C=O) groups excluding carboxylic acids is 1. The molecular formula is C23H26N2O3. The molecule has 1 aromatic carbocycles. The Morgan fingerprint density at radius 2 is 2.14 bits per heavy atom. The number of carbonyl (C=O) groups is 1. The molecule has 28 heavy (non-hydrogen) atoms. The number of aromatic nitrogens is 1. The molecule has 0 N–H and O–H groups in total. The minimum atomic E-state index is -0.637. The van der Waals surface area contributed by atoms with Crippen molar-refractivity contribution in [2.24, 2.45) is 5.92 Å². The number of rotatable bonds is 4. The standard InChI is InChI=1S/C23H26N2O3/c1-3-27-21(26)20-11-18-10-16(17-6-9-28-22(13-17)7-8-22)4-5-19(18)25(20)23(14-24)12-15(23)2/h4-5,10-11,15,17H,3,6-9,12-13H2,1-2H3/t15-,17?,23+/m1/s1. The van der Waals surface area contributed by atoms with Gasteiger partial charge in [0.15, 0.2) is 0 Å². The highest BCUT2D eigenvalue weighted by Crippen LogP contribution is 2.53. The Bertz CT molecular complexity index is 997. The lowest BCUT2D eigenvalue weighted by atomic mass is 9.87. The smallest absolute Gasteiger partial charge is 0.355 e. The fraction of sp³-hybridized carbons (Fsp3) is 0.565. The topological polar surface area (TPSA) is 64.2 Å². The molecule has 3 aliphatic rings. The van der Waals surface area contributed by atoms with E-state index in [9.17, 15) is 10.1 Å². The summed E-state index contributed by atoms with van der Waals surface area (Å²) in [5, 5.41) is 10.9. The summed E-state index contributed by atoms with van der Waals surface area (Å²) in [6, 6.07) is 10.9. The summed E-state index contributed by atoms with van der Waals surface area (Å²) >= 11 is 0. The van der Waals surface area contributed by atoms with E-state index < -0.39 is 5.54 Å². The van der Waals surface area contributed by atoms with Crippen LogP contribution in [0.3, 0.4) is 0 Å². The van der Waals surface area contributed by atoms with E-state index in [1.807, 2.05) is 17.6 Å². The highest BCUT2D eigenvalue weighted by Gasteiger charge is 2.55. The number of nitrogens with zero attached hydrogens (tertiary/aromatic N) is 2. The summed E-state index contributed by atoms with van der Waals surface area (Å²) in [5.74, 6) is 0.378. The third-order valence-corrected chi connectivity index (χ3v) is 6.95. The first kappa shape index (κ1) is 17.8. The summed E-state index contributed by atoms with van der Waals surface area (Å²) in [7, 11) is 0. The van der Waals surface area contributed by atoms with E-state index in [0.29, 0.717) is 18.2 Å². The fourth-order valence-electron chi connectivity index (χ4n) is 5.00. The van der Waals surface area contributed by atoms with Crippen LogP contribution in [0.4, 0.5) is 0 Å². The lowest BCUT2D eigenvalue weighted by molar-refractivity contribution is -0.0132. The maximum atomic E-state index is 12.6. The zero-order valence-corrected chi connectivity index (χ0v) is 16.5. The summed E-state index contributed by atoms with van der Waals surface area (Å²) in [5.41, 5.74) is 2.25. The van der Waals surface area contributed by atoms with Gasteiger partial charge < -0.3 is 14.0 Å². The molecule has 146 valence electrons. The molecule has 3 fully saturated rings. The average Bonchev–Trinajstić information content (AvgIpc) is 3.56. The van der Waals surface area contributed by atoms with Crippen molar-refractivity contribution in [3.63, 3.8) is 0 Å². The van der Waals surface area contributed by atoms with Gasteiger partial charge >= 0.3 is 5.97 Å². The molecule has 0 bridgehead atoms. The number of hydrogen-bond acceptors (Lipinski definition) is 4. The third kappa shape index (κ3) is 2.58. The van der Waals surface area contributed by atoms with Crippen LogP contribution in [-0.2, 0) is 15.0 Å². The SMILES string of the molecule is CCOC(=O)c1cc2cc(C3CCOC4(CC4)C3)ccc2n1[C@]1(C#N)C[C@H]1C. The van der Waals surface area contributed by atoms with Gasteiger partial charge in [0.05, 0.1) is 23.8 Å². The van der Waals surface area contributed by atoms with Crippen molar-refractivity contribution < 1.29 is 14.3 Å². The highest BCUT2D eigenvalue weighted by molar-refractivity contribution is 5.96. The van der Waals surface area contributed by atoms with Crippen LogP contribution < -0.4 is 0 Å². The summed E-state index contributed by atoms with van der Waals surface area (Å²) < 4.78 is 13.2. The summed E-state index contributed by atoms with van der Waals surface area (Å²) in [4.78, 5) is 12.6. The largest absolute Gasteiger partial charge is 0.461 e. The first-order chi connectivity index (χ1) is 13.5. The van der Waals surface area contributed by atoms with Gasteiger partial charge in [-0.3, -0.25) is 0 Å². The van der Waals surface area contributed by atoms with Crippen LogP contribution in [0.1, 0.15) is 67.9 Å². The molecule has 2 aromatic rings. The van der Waals surface area contributed by atoms with Gasteiger partial charge in [-0.05, 0) is 74.6 Å². The first-order valence-corrected chi connectivity index (χ1v) is 10.4.